The van der Waals surface area contributed by atoms with E-state index < -0.39 is 12.0 Å². The number of halogens is 1. The zero-order valence-corrected chi connectivity index (χ0v) is 21.0. The van der Waals surface area contributed by atoms with Crippen molar-refractivity contribution >= 4 is 35.2 Å². The molecule has 3 amide bonds. The Kier molecular flexibility index (Phi) is 8.76. The summed E-state index contributed by atoms with van der Waals surface area (Å²) >= 11 is 5.86. The van der Waals surface area contributed by atoms with Gasteiger partial charge < -0.3 is 20.1 Å². The Bertz CT molecular complexity index is 1110. The smallest absolute Gasteiger partial charge is 0.338 e. The summed E-state index contributed by atoms with van der Waals surface area (Å²) in [6.45, 7) is 7.97. The molecule has 0 saturated heterocycles. The van der Waals surface area contributed by atoms with Gasteiger partial charge in [0.25, 0.3) is 5.91 Å². The summed E-state index contributed by atoms with van der Waals surface area (Å²) in [7, 11) is 0. The molecule has 0 aromatic heterocycles. The number of carbonyl (C=O) groups is 3. The lowest BCUT2D eigenvalue weighted by Crippen LogP contribution is -2.48. The predicted molar refractivity (Wildman–Crippen MR) is 134 cm³/mol. The third-order valence-electron chi connectivity index (χ3n) is 5.37. The highest BCUT2D eigenvalue weighted by molar-refractivity contribution is 6.30. The van der Waals surface area contributed by atoms with Crippen molar-refractivity contribution in [3.8, 4) is 5.75 Å². The van der Waals surface area contributed by atoms with Crippen LogP contribution in [0.1, 0.15) is 39.3 Å². The molecule has 3 rings (SSSR count). The summed E-state index contributed by atoms with van der Waals surface area (Å²) in [5.74, 6) is -0.142. The number of nitrogens with zero attached hydrogens (tertiary/aromatic N) is 1. The average Bonchev–Trinajstić information content (AvgIpc) is 2.82. The fourth-order valence-corrected chi connectivity index (χ4v) is 3.80. The van der Waals surface area contributed by atoms with Crippen LogP contribution >= 0.6 is 11.6 Å². The normalized spacial score (nSPS) is 15.7. The quantitative estimate of drug-likeness (QED) is 0.477. The number of ether oxygens (including phenoxy) is 2. The fraction of sp³-hybridized carbons (Fsp3) is 0.346. The van der Waals surface area contributed by atoms with E-state index in [0.717, 1.165) is 0 Å². The molecule has 1 aliphatic heterocycles. The third kappa shape index (κ3) is 6.76. The standard InChI is InChI=1S/C26H30ClN3O5/c1-5-30-17(4)23(25(32)35-14-16(2)3)24(29-26(30)33)18-7-6-8-20(13-18)28-22(31)15-34-21-11-9-19(27)10-12-21/h6-13,16,24H,5,14-15H2,1-4H3,(H,28,31)(H,29,33)/t24-/m0/s1. The van der Waals surface area contributed by atoms with Crippen molar-refractivity contribution in [1.29, 1.82) is 0 Å². The topological polar surface area (TPSA) is 97.0 Å². The Labute approximate surface area is 210 Å². The van der Waals surface area contributed by atoms with E-state index in [1.54, 1.807) is 55.5 Å². The van der Waals surface area contributed by atoms with E-state index in [2.05, 4.69) is 10.6 Å². The van der Waals surface area contributed by atoms with Crippen LogP contribution in [0, 0.1) is 5.92 Å². The Hall–Kier alpha value is -3.52. The Morgan fingerprint density at radius 3 is 2.54 bits per heavy atom. The van der Waals surface area contributed by atoms with Crippen LogP contribution in [0.5, 0.6) is 5.75 Å². The second kappa shape index (κ2) is 11.8. The van der Waals surface area contributed by atoms with Crippen molar-refractivity contribution < 1.29 is 23.9 Å². The van der Waals surface area contributed by atoms with Crippen molar-refractivity contribution in [2.45, 2.75) is 33.7 Å². The highest BCUT2D eigenvalue weighted by Gasteiger charge is 2.36. The van der Waals surface area contributed by atoms with Gasteiger partial charge in [-0.15, -0.1) is 0 Å². The molecule has 0 bridgehead atoms. The molecule has 2 N–H and O–H groups in total. The Balaban J connectivity index is 1.78. The lowest BCUT2D eigenvalue weighted by atomic mass is 9.94. The number of hydrogen-bond donors (Lipinski definition) is 2. The number of carbonyl (C=O) groups excluding carboxylic acids is 3. The van der Waals surface area contributed by atoms with Gasteiger partial charge in [0.2, 0.25) is 0 Å². The lowest BCUT2D eigenvalue weighted by Gasteiger charge is -2.35. The van der Waals surface area contributed by atoms with Crippen LogP contribution in [-0.4, -0.2) is 42.6 Å². The summed E-state index contributed by atoms with van der Waals surface area (Å²) < 4.78 is 11.0. The molecule has 1 heterocycles. The van der Waals surface area contributed by atoms with Gasteiger partial charge in [-0.1, -0.05) is 37.6 Å². The van der Waals surface area contributed by atoms with Crippen molar-refractivity contribution in [3.63, 3.8) is 0 Å². The Morgan fingerprint density at radius 1 is 1.17 bits per heavy atom. The maximum absolute atomic E-state index is 13.0. The molecule has 9 heteroatoms. The van der Waals surface area contributed by atoms with E-state index in [1.165, 1.54) is 4.90 Å². The molecule has 2 aromatic rings. The van der Waals surface area contributed by atoms with E-state index >= 15 is 0 Å². The largest absolute Gasteiger partial charge is 0.484 e. The second-order valence-electron chi connectivity index (χ2n) is 8.53. The lowest BCUT2D eigenvalue weighted by molar-refractivity contribution is -0.140. The van der Waals surface area contributed by atoms with E-state index in [4.69, 9.17) is 21.1 Å². The van der Waals surface area contributed by atoms with Crippen molar-refractivity contribution in [3.05, 3.63) is 70.4 Å². The maximum Gasteiger partial charge on any atom is 0.338 e. The molecule has 8 nitrogen and oxygen atoms in total. The fourth-order valence-electron chi connectivity index (χ4n) is 3.67. The number of benzene rings is 2. The number of nitrogens with one attached hydrogen (secondary N) is 2. The summed E-state index contributed by atoms with van der Waals surface area (Å²) in [5, 5.41) is 6.25. The van der Waals surface area contributed by atoms with E-state index in [-0.39, 0.29) is 31.1 Å². The summed E-state index contributed by atoms with van der Waals surface area (Å²) in [6.07, 6.45) is 0. The number of urea groups is 1. The van der Waals surface area contributed by atoms with Crippen LogP contribution in [0.4, 0.5) is 10.5 Å². The van der Waals surface area contributed by atoms with Crippen LogP contribution in [0.15, 0.2) is 59.8 Å². The zero-order chi connectivity index (χ0) is 25.5. The highest BCUT2D eigenvalue weighted by Crippen LogP contribution is 2.32. The molecule has 0 spiro atoms. The molecule has 186 valence electrons. The van der Waals surface area contributed by atoms with E-state index in [1.807, 2.05) is 20.8 Å². The first-order valence-electron chi connectivity index (χ1n) is 11.4. The first kappa shape index (κ1) is 26.1. The minimum absolute atomic E-state index is 0.174. The number of hydrogen-bond acceptors (Lipinski definition) is 5. The highest BCUT2D eigenvalue weighted by atomic mass is 35.5. The van der Waals surface area contributed by atoms with Gasteiger partial charge in [-0.2, -0.15) is 0 Å². The summed E-state index contributed by atoms with van der Waals surface area (Å²) in [4.78, 5) is 39.6. The van der Waals surface area contributed by atoms with Crippen molar-refractivity contribution in [1.82, 2.24) is 10.2 Å². The van der Waals surface area contributed by atoms with Gasteiger partial charge in [-0.05, 0) is 61.7 Å². The predicted octanol–water partition coefficient (Wildman–Crippen LogP) is 4.92. The molecule has 0 aliphatic carbocycles. The van der Waals surface area contributed by atoms with Gasteiger partial charge >= 0.3 is 12.0 Å². The van der Waals surface area contributed by atoms with Crippen molar-refractivity contribution in [2.24, 2.45) is 5.92 Å². The van der Waals surface area contributed by atoms with Gasteiger partial charge in [0, 0.05) is 23.0 Å². The molecule has 2 aromatic carbocycles. The van der Waals surface area contributed by atoms with Gasteiger partial charge in [0.1, 0.15) is 5.75 Å². The molecule has 35 heavy (non-hydrogen) atoms. The molecule has 1 atom stereocenters. The van der Waals surface area contributed by atoms with E-state index in [0.29, 0.717) is 39.8 Å². The minimum Gasteiger partial charge on any atom is -0.484 e. The van der Waals surface area contributed by atoms with Crippen molar-refractivity contribution in [2.75, 3.05) is 25.1 Å². The first-order chi connectivity index (χ1) is 16.7. The zero-order valence-electron chi connectivity index (χ0n) is 20.3. The third-order valence-corrected chi connectivity index (χ3v) is 5.62. The minimum atomic E-state index is -0.716. The van der Waals surface area contributed by atoms with E-state index in [9.17, 15) is 14.4 Å². The number of allylic oxidation sites excluding steroid dienone is 1. The summed E-state index contributed by atoms with van der Waals surface area (Å²) in [5.41, 5.74) is 2.05. The molecule has 0 fully saturated rings. The number of rotatable bonds is 9. The number of anilines is 1. The molecule has 0 radical (unpaired) electrons. The van der Waals surface area contributed by atoms with Crippen LogP contribution in [0.3, 0.4) is 0 Å². The second-order valence-corrected chi connectivity index (χ2v) is 8.97. The maximum atomic E-state index is 13.0. The van der Waals surface area contributed by atoms with Gasteiger partial charge in [-0.3, -0.25) is 9.69 Å². The molecule has 0 unspecified atom stereocenters. The molecular weight excluding hydrogens is 470 g/mol. The van der Waals surface area contributed by atoms with Crippen LogP contribution in [0.25, 0.3) is 0 Å². The molecule has 1 aliphatic rings. The van der Waals surface area contributed by atoms with Gasteiger partial charge in [0.05, 0.1) is 18.2 Å². The van der Waals surface area contributed by atoms with Gasteiger partial charge in [0.15, 0.2) is 6.61 Å². The SMILES string of the molecule is CCN1C(=O)N[C@@H](c2cccc(NC(=O)COc3ccc(Cl)cc3)c2)C(C(=O)OCC(C)C)=C1C. The van der Waals surface area contributed by atoms with Crippen LogP contribution < -0.4 is 15.4 Å². The van der Waals surface area contributed by atoms with Crippen LogP contribution in [0.2, 0.25) is 5.02 Å². The Morgan fingerprint density at radius 2 is 1.89 bits per heavy atom. The first-order valence-corrected chi connectivity index (χ1v) is 11.8. The number of esters is 1. The molecular formula is C26H30ClN3O5. The monoisotopic (exact) mass is 499 g/mol. The van der Waals surface area contributed by atoms with Crippen LogP contribution in [-0.2, 0) is 14.3 Å². The summed E-state index contributed by atoms with van der Waals surface area (Å²) in [6, 6.07) is 12.7. The number of amides is 3. The molecule has 0 saturated carbocycles. The average molecular weight is 500 g/mol. The van der Waals surface area contributed by atoms with Gasteiger partial charge in [-0.25, -0.2) is 9.59 Å².